The minimum Gasteiger partial charge on any atom is -0.481 e. The SMILES string of the molecule is COC(=O)C(C)(C)c1ccc(C#N)cc1[N+](=O)[O-].COC(=O)Cc1ccc(C#N)cc1O[N+](=O)[O-].N#Cc1ccc(CC(=O)O)c([N+](=O)[O-])c1.N#Cc1ccc(CC(=O)O)cc1.Nc1ccc(CC(=O)O)cc1. The van der Waals surface area contributed by atoms with Gasteiger partial charge in [0.1, 0.15) is 5.75 Å². The molecule has 73 heavy (non-hydrogen) atoms. The minimum absolute atomic E-state index is 0.00566. The second kappa shape index (κ2) is 29.9. The number of carboxylic acid groups (broad SMARTS) is 3. The Morgan fingerprint density at radius 3 is 1.38 bits per heavy atom. The average molecular weight is 1000 g/mol. The molecule has 0 bridgehead atoms. The van der Waals surface area contributed by atoms with Gasteiger partial charge in [-0.05, 0) is 85.1 Å². The number of carbonyl (C=O) groups excluding carboxylic acids is 2. The van der Waals surface area contributed by atoms with Crippen LogP contribution in [0.5, 0.6) is 5.75 Å². The average Bonchev–Trinajstić information content (AvgIpc) is 3.35. The molecular formula is C48H42N8O17. The number of rotatable bonds is 14. The van der Waals surface area contributed by atoms with Crippen LogP contribution in [0.2, 0.25) is 0 Å². The molecule has 0 unspecified atom stereocenters. The molecule has 0 saturated heterocycles. The first-order valence-corrected chi connectivity index (χ1v) is 20.2. The number of anilines is 1. The number of nitro benzene ring substituents is 2. The van der Waals surface area contributed by atoms with Crippen molar-refractivity contribution in [2.24, 2.45) is 0 Å². The summed E-state index contributed by atoms with van der Waals surface area (Å²) in [6.07, 6.45) is -0.528. The number of nitro groups is 2. The first-order valence-electron chi connectivity index (χ1n) is 20.2. The van der Waals surface area contributed by atoms with E-state index in [0.29, 0.717) is 16.8 Å². The number of benzene rings is 5. The van der Waals surface area contributed by atoms with E-state index in [1.54, 1.807) is 54.6 Å². The van der Waals surface area contributed by atoms with Gasteiger partial charge in [-0.3, -0.25) is 49.0 Å². The lowest BCUT2D eigenvalue weighted by atomic mass is 9.83. The molecule has 0 radical (unpaired) electrons. The molecule has 0 aliphatic carbocycles. The standard InChI is InChI=1S/C12H12N2O4.C10H8N2O5.C9H6N2O4.C9H7NO2.C8H9NO2/c1-12(2,11(15)18-3)9-5-4-8(7-13)6-10(9)14(16)17;1-16-10(13)5-8-3-2-7(6-11)4-9(8)17-12(14)15;10-5-6-1-2-7(4-9(12)13)8(3-6)11(14)15;10-6-8-3-1-7(2-4-8)5-9(11)12;9-7-3-1-6(2-4-7)5-8(10)11/h4-6H,1-3H3;2-4H,5H2,1H3;1-3H,4H2,(H,12,13);1-4H,5H2,(H,11,12);1-4H,5,9H2,(H,10,11). The van der Waals surface area contributed by atoms with Crippen molar-refractivity contribution < 1.29 is 68.5 Å². The smallest absolute Gasteiger partial charge is 0.315 e. The Labute approximate surface area is 414 Å². The first kappa shape index (κ1) is 60.2. The number of methoxy groups -OCH3 is 2. The monoisotopic (exact) mass is 1000 g/mol. The van der Waals surface area contributed by atoms with Gasteiger partial charge in [-0.1, -0.05) is 36.4 Å². The quantitative estimate of drug-likeness (QED) is 0.0433. The maximum absolute atomic E-state index is 11.7. The largest absolute Gasteiger partial charge is 0.481 e. The Bertz CT molecular complexity index is 3000. The van der Waals surface area contributed by atoms with E-state index in [1.165, 1.54) is 70.5 Å². The topological polar surface area (TPSA) is 424 Å². The van der Waals surface area contributed by atoms with Gasteiger partial charge in [0.05, 0.1) is 102 Å². The zero-order valence-corrected chi connectivity index (χ0v) is 38.9. The molecule has 5 rings (SSSR count). The van der Waals surface area contributed by atoms with Gasteiger partial charge in [0, 0.05) is 28.9 Å². The third kappa shape index (κ3) is 21.4. The highest BCUT2D eigenvalue weighted by Gasteiger charge is 2.37. The van der Waals surface area contributed by atoms with E-state index in [4.69, 9.17) is 42.1 Å². The third-order valence-electron chi connectivity index (χ3n) is 9.15. The van der Waals surface area contributed by atoms with Gasteiger partial charge in [0.25, 0.3) is 16.5 Å². The summed E-state index contributed by atoms with van der Waals surface area (Å²) in [4.78, 5) is 88.4. The molecule has 0 heterocycles. The highest BCUT2D eigenvalue weighted by atomic mass is 17.0. The summed E-state index contributed by atoms with van der Waals surface area (Å²) < 4.78 is 9.08. The molecule has 5 aromatic rings. The summed E-state index contributed by atoms with van der Waals surface area (Å²) in [5, 5.41) is 90.5. The van der Waals surface area contributed by atoms with Crippen molar-refractivity contribution in [2.75, 3.05) is 20.0 Å². The molecule has 25 nitrogen and oxygen atoms in total. The second-order valence-electron chi connectivity index (χ2n) is 14.7. The predicted octanol–water partition coefficient (Wildman–Crippen LogP) is 5.94. The number of carbonyl (C=O) groups is 5. The van der Waals surface area contributed by atoms with Crippen LogP contribution in [0.4, 0.5) is 17.1 Å². The highest BCUT2D eigenvalue weighted by molar-refractivity contribution is 5.84. The van der Waals surface area contributed by atoms with Crippen LogP contribution in [0, 0.1) is 75.7 Å². The van der Waals surface area contributed by atoms with E-state index >= 15 is 0 Å². The number of aliphatic carboxylic acids is 3. The molecule has 0 saturated carbocycles. The first-order chi connectivity index (χ1) is 34.3. The molecule has 0 aliphatic heterocycles. The van der Waals surface area contributed by atoms with Crippen molar-refractivity contribution in [3.05, 3.63) is 184 Å². The van der Waals surface area contributed by atoms with Crippen molar-refractivity contribution in [1.82, 2.24) is 0 Å². The maximum Gasteiger partial charge on any atom is 0.315 e. The number of hydrogen-bond acceptors (Lipinski definition) is 19. The van der Waals surface area contributed by atoms with Gasteiger partial charge < -0.3 is 30.5 Å². The minimum atomic E-state index is -1.15. The normalized spacial score (nSPS) is 9.53. The highest BCUT2D eigenvalue weighted by Crippen LogP contribution is 2.33. The van der Waals surface area contributed by atoms with E-state index in [-0.39, 0.29) is 69.8 Å². The van der Waals surface area contributed by atoms with E-state index < -0.39 is 56.6 Å². The van der Waals surface area contributed by atoms with Gasteiger partial charge in [0.15, 0.2) is 0 Å². The summed E-state index contributed by atoms with van der Waals surface area (Å²) in [6, 6.07) is 32.4. The van der Waals surface area contributed by atoms with Crippen LogP contribution < -0.4 is 10.6 Å². The van der Waals surface area contributed by atoms with Crippen molar-refractivity contribution >= 4 is 46.9 Å². The molecule has 376 valence electrons. The number of esters is 2. The van der Waals surface area contributed by atoms with Gasteiger partial charge in [-0.25, -0.2) is 0 Å². The van der Waals surface area contributed by atoms with Crippen LogP contribution in [0.3, 0.4) is 0 Å². The molecule has 0 spiro atoms. The van der Waals surface area contributed by atoms with Gasteiger partial charge in [-0.2, -0.15) is 21.0 Å². The molecule has 5 aromatic carbocycles. The fourth-order valence-corrected chi connectivity index (χ4v) is 5.61. The van der Waals surface area contributed by atoms with Gasteiger partial charge in [-0.15, -0.1) is 10.1 Å². The molecular weight excluding hydrogens is 961 g/mol. The van der Waals surface area contributed by atoms with Crippen LogP contribution >= 0.6 is 0 Å². The van der Waals surface area contributed by atoms with E-state index in [9.17, 15) is 54.3 Å². The second-order valence-corrected chi connectivity index (χ2v) is 14.7. The summed E-state index contributed by atoms with van der Waals surface area (Å²) in [6.45, 7) is 3.07. The Morgan fingerprint density at radius 1 is 0.562 bits per heavy atom. The number of hydrogen-bond donors (Lipinski definition) is 4. The summed E-state index contributed by atoms with van der Waals surface area (Å²) in [7, 11) is 2.43. The fourth-order valence-electron chi connectivity index (χ4n) is 5.61. The zero-order valence-electron chi connectivity index (χ0n) is 38.9. The van der Waals surface area contributed by atoms with Crippen LogP contribution in [0.15, 0.2) is 103 Å². The Hall–Kier alpha value is -10.8. The van der Waals surface area contributed by atoms with Crippen molar-refractivity contribution in [2.45, 2.75) is 44.9 Å². The van der Waals surface area contributed by atoms with Gasteiger partial charge >= 0.3 is 29.8 Å². The summed E-state index contributed by atoms with van der Waals surface area (Å²) >= 11 is 0. The van der Waals surface area contributed by atoms with Crippen LogP contribution in [-0.4, -0.2) is 74.3 Å². The van der Waals surface area contributed by atoms with Gasteiger partial charge in [0.2, 0.25) is 0 Å². The number of carboxylic acids is 3. The lowest BCUT2D eigenvalue weighted by Gasteiger charge is -2.21. The van der Waals surface area contributed by atoms with Crippen molar-refractivity contribution in [3.63, 3.8) is 0 Å². The lowest BCUT2D eigenvalue weighted by molar-refractivity contribution is -0.711. The number of ether oxygens (including phenoxy) is 2. The predicted molar refractivity (Wildman–Crippen MR) is 251 cm³/mol. The lowest BCUT2D eigenvalue weighted by Crippen LogP contribution is -2.31. The summed E-state index contributed by atoms with van der Waals surface area (Å²) in [5.41, 5.74) is 7.45. The number of nitriles is 4. The molecule has 0 aliphatic rings. The Morgan fingerprint density at radius 2 is 0.973 bits per heavy atom. The third-order valence-corrected chi connectivity index (χ3v) is 9.15. The molecule has 0 amide bonds. The Kier molecular flexibility index (Phi) is 24.6. The molecule has 25 heteroatoms. The van der Waals surface area contributed by atoms with Crippen molar-refractivity contribution in [3.8, 4) is 30.0 Å². The number of nitrogens with zero attached hydrogens (tertiary/aromatic N) is 7. The molecule has 0 aromatic heterocycles. The molecule has 0 atom stereocenters. The fraction of sp³-hybridized carbons (Fsp3) is 0.188. The number of nitrogens with two attached hydrogens (primary N) is 1. The number of nitrogen functional groups attached to an aromatic ring is 1. The zero-order chi connectivity index (χ0) is 55.4. The molecule has 5 N–H and O–H groups in total. The summed E-state index contributed by atoms with van der Waals surface area (Å²) in [5.74, 6) is -4.10. The Balaban J connectivity index is 0.000000461. The van der Waals surface area contributed by atoms with E-state index in [0.717, 1.165) is 17.7 Å². The van der Waals surface area contributed by atoms with E-state index in [1.807, 2.05) is 18.2 Å². The van der Waals surface area contributed by atoms with Crippen LogP contribution in [-0.2, 0) is 64.5 Å². The molecule has 0 fully saturated rings. The van der Waals surface area contributed by atoms with Crippen LogP contribution in [0.1, 0.15) is 63.9 Å². The van der Waals surface area contributed by atoms with Crippen LogP contribution in [0.25, 0.3) is 0 Å². The maximum atomic E-state index is 11.7. The van der Waals surface area contributed by atoms with E-state index in [2.05, 4.69) is 14.3 Å². The van der Waals surface area contributed by atoms with Crippen molar-refractivity contribution in [1.29, 1.82) is 21.0 Å².